The second kappa shape index (κ2) is 5.00. The van der Waals surface area contributed by atoms with Crippen LogP contribution < -0.4 is 4.74 Å². The van der Waals surface area contributed by atoms with Gasteiger partial charge in [0.25, 0.3) is 0 Å². The van der Waals surface area contributed by atoms with Gasteiger partial charge in [0.15, 0.2) is 5.78 Å². The Bertz CT molecular complexity index is 574. The van der Waals surface area contributed by atoms with E-state index in [1.54, 1.807) is 50.4 Å². The van der Waals surface area contributed by atoms with Gasteiger partial charge in [-0.15, -0.1) is 0 Å². The Balaban J connectivity index is 2.38. The lowest BCUT2D eigenvalue weighted by molar-refractivity contribution is 0.103. The normalized spacial score (nSPS) is 10.2. The molecule has 0 radical (unpaired) electrons. The third-order valence-corrected chi connectivity index (χ3v) is 2.79. The van der Waals surface area contributed by atoms with Crippen molar-refractivity contribution < 1.29 is 13.9 Å². The van der Waals surface area contributed by atoms with Crippen LogP contribution in [0.15, 0.2) is 42.5 Å². The maximum atomic E-state index is 13.8. The fourth-order valence-electron chi connectivity index (χ4n) is 1.72. The number of hydrogen-bond donors (Lipinski definition) is 0. The smallest absolute Gasteiger partial charge is 0.195 e. The van der Waals surface area contributed by atoms with E-state index in [0.29, 0.717) is 16.9 Å². The van der Waals surface area contributed by atoms with Crippen LogP contribution in [-0.4, -0.2) is 12.9 Å². The van der Waals surface area contributed by atoms with Crippen LogP contribution in [0.25, 0.3) is 0 Å². The van der Waals surface area contributed by atoms with Crippen molar-refractivity contribution in [1.82, 2.24) is 0 Å². The minimum Gasteiger partial charge on any atom is -0.497 e. The Morgan fingerprint density at radius 2 is 1.78 bits per heavy atom. The Morgan fingerprint density at radius 3 is 2.39 bits per heavy atom. The molecular formula is C15H13FO2. The second-order valence-corrected chi connectivity index (χ2v) is 3.99. The molecule has 3 heteroatoms. The minimum atomic E-state index is -0.460. The molecule has 0 atom stereocenters. The first-order valence-electron chi connectivity index (χ1n) is 5.57. The molecule has 0 unspecified atom stereocenters. The summed E-state index contributed by atoms with van der Waals surface area (Å²) in [4.78, 5) is 12.1. The highest BCUT2D eigenvalue weighted by molar-refractivity contribution is 6.09. The van der Waals surface area contributed by atoms with E-state index >= 15 is 0 Å². The third-order valence-electron chi connectivity index (χ3n) is 2.79. The number of methoxy groups -OCH3 is 1. The predicted molar refractivity (Wildman–Crippen MR) is 67.6 cm³/mol. The van der Waals surface area contributed by atoms with Gasteiger partial charge in [-0.25, -0.2) is 4.39 Å². The summed E-state index contributed by atoms with van der Waals surface area (Å²) >= 11 is 0. The molecule has 2 aromatic rings. The van der Waals surface area contributed by atoms with Crippen molar-refractivity contribution in [2.75, 3.05) is 7.11 Å². The Morgan fingerprint density at radius 1 is 1.11 bits per heavy atom. The first-order valence-corrected chi connectivity index (χ1v) is 5.57. The molecule has 2 nitrogen and oxygen atoms in total. The summed E-state index contributed by atoms with van der Waals surface area (Å²) in [6.07, 6.45) is 0. The van der Waals surface area contributed by atoms with Gasteiger partial charge in [0.05, 0.1) is 12.7 Å². The first kappa shape index (κ1) is 12.3. The average Bonchev–Trinajstić information content (AvgIpc) is 2.41. The molecule has 0 aliphatic carbocycles. The number of halogens is 1. The third kappa shape index (κ3) is 2.25. The number of carbonyl (C=O) groups excluding carboxylic acids is 1. The highest BCUT2D eigenvalue weighted by Gasteiger charge is 2.14. The summed E-state index contributed by atoms with van der Waals surface area (Å²) in [6, 6.07) is 11.4. The summed E-state index contributed by atoms with van der Waals surface area (Å²) in [6.45, 7) is 1.64. The quantitative estimate of drug-likeness (QED) is 0.774. The van der Waals surface area contributed by atoms with Gasteiger partial charge in [-0.3, -0.25) is 4.79 Å². The fraction of sp³-hybridized carbons (Fsp3) is 0.133. The van der Waals surface area contributed by atoms with Gasteiger partial charge in [0.2, 0.25) is 0 Å². The number of rotatable bonds is 3. The number of carbonyl (C=O) groups is 1. The SMILES string of the molecule is COc1ccc(C(=O)c2cccc(C)c2F)cc1. The molecule has 0 bridgehead atoms. The van der Waals surface area contributed by atoms with Crippen molar-refractivity contribution in [3.8, 4) is 5.75 Å². The highest BCUT2D eigenvalue weighted by Crippen LogP contribution is 2.18. The Hall–Kier alpha value is -2.16. The van der Waals surface area contributed by atoms with Crippen LogP contribution in [0, 0.1) is 12.7 Å². The van der Waals surface area contributed by atoms with Crippen molar-refractivity contribution in [1.29, 1.82) is 0 Å². The molecule has 0 fully saturated rings. The Kier molecular flexibility index (Phi) is 3.42. The largest absolute Gasteiger partial charge is 0.497 e. The zero-order chi connectivity index (χ0) is 13.1. The monoisotopic (exact) mass is 244 g/mol. The molecule has 0 N–H and O–H groups in total. The zero-order valence-electron chi connectivity index (χ0n) is 10.2. The molecule has 0 heterocycles. The first-order chi connectivity index (χ1) is 8.63. The maximum Gasteiger partial charge on any atom is 0.195 e. The lowest BCUT2D eigenvalue weighted by atomic mass is 10.0. The number of ether oxygens (including phenoxy) is 1. The summed E-state index contributed by atoms with van der Waals surface area (Å²) in [5.74, 6) is -0.117. The van der Waals surface area contributed by atoms with E-state index in [2.05, 4.69) is 0 Å². The van der Waals surface area contributed by atoms with Crippen LogP contribution in [0.5, 0.6) is 5.75 Å². The van der Waals surface area contributed by atoms with E-state index in [4.69, 9.17) is 4.74 Å². The maximum absolute atomic E-state index is 13.8. The molecule has 2 rings (SSSR count). The Labute approximate surface area is 105 Å². The van der Waals surface area contributed by atoms with Crippen molar-refractivity contribution >= 4 is 5.78 Å². The number of benzene rings is 2. The summed E-state index contributed by atoms with van der Waals surface area (Å²) in [5, 5.41) is 0. The molecule has 0 spiro atoms. The van der Waals surface area contributed by atoms with Crippen LogP contribution >= 0.6 is 0 Å². The van der Waals surface area contributed by atoms with Crippen LogP contribution in [0.3, 0.4) is 0 Å². The molecule has 0 aromatic heterocycles. The van der Waals surface area contributed by atoms with Gasteiger partial charge in [0, 0.05) is 5.56 Å². The molecule has 0 saturated carbocycles. The molecule has 0 aliphatic rings. The van der Waals surface area contributed by atoms with E-state index in [1.165, 1.54) is 6.07 Å². The van der Waals surface area contributed by atoms with Crippen LogP contribution in [0.4, 0.5) is 4.39 Å². The minimum absolute atomic E-state index is 0.0974. The van der Waals surface area contributed by atoms with Crippen molar-refractivity contribution in [2.24, 2.45) is 0 Å². The highest BCUT2D eigenvalue weighted by atomic mass is 19.1. The molecule has 2 aromatic carbocycles. The molecular weight excluding hydrogens is 231 g/mol. The lowest BCUT2D eigenvalue weighted by Gasteiger charge is -2.05. The van der Waals surface area contributed by atoms with Crippen molar-refractivity contribution in [3.05, 3.63) is 65.0 Å². The van der Waals surface area contributed by atoms with Crippen molar-refractivity contribution in [2.45, 2.75) is 6.92 Å². The molecule has 0 amide bonds. The van der Waals surface area contributed by atoms with Gasteiger partial charge in [-0.2, -0.15) is 0 Å². The van der Waals surface area contributed by atoms with E-state index in [-0.39, 0.29) is 11.3 Å². The summed E-state index contributed by atoms with van der Waals surface area (Å²) in [5.41, 5.74) is 1.01. The van der Waals surface area contributed by atoms with Crippen molar-refractivity contribution in [3.63, 3.8) is 0 Å². The van der Waals surface area contributed by atoms with Gasteiger partial charge in [0.1, 0.15) is 11.6 Å². The van der Waals surface area contributed by atoms with E-state index in [9.17, 15) is 9.18 Å². The average molecular weight is 244 g/mol. The molecule has 18 heavy (non-hydrogen) atoms. The number of hydrogen-bond acceptors (Lipinski definition) is 2. The molecule has 0 aliphatic heterocycles. The van der Waals surface area contributed by atoms with Crippen LogP contribution in [-0.2, 0) is 0 Å². The van der Waals surface area contributed by atoms with Crippen LogP contribution in [0.1, 0.15) is 21.5 Å². The standard InChI is InChI=1S/C15H13FO2/c1-10-4-3-5-13(14(10)16)15(17)11-6-8-12(18-2)9-7-11/h3-9H,1-2H3. The van der Waals surface area contributed by atoms with E-state index in [0.717, 1.165) is 0 Å². The lowest BCUT2D eigenvalue weighted by Crippen LogP contribution is -2.05. The number of aryl methyl sites for hydroxylation is 1. The van der Waals surface area contributed by atoms with Gasteiger partial charge < -0.3 is 4.74 Å². The van der Waals surface area contributed by atoms with E-state index < -0.39 is 5.82 Å². The van der Waals surface area contributed by atoms with Gasteiger partial charge in [-0.1, -0.05) is 12.1 Å². The molecule has 92 valence electrons. The van der Waals surface area contributed by atoms with Gasteiger partial charge >= 0.3 is 0 Å². The fourth-order valence-corrected chi connectivity index (χ4v) is 1.72. The van der Waals surface area contributed by atoms with Crippen LogP contribution in [0.2, 0.25) is 0 Å². The number of ketones is 1. The van der Waals surface area contributed by atoms with Gasteiger partial charge in [-0.05, 0) is 42.8 Å². The molecule has 0 saturated heterocycles. The topological polar surface area (TPSA) is 26.3 Å². The summed E-state index contributed by atoms with van der Waals surface area (Å²) in [7, 11) is 1.55. The second-order valence-electron chi connectivity index (χ2n) is 3.99. The predicted octanol–water partition coefficient (Wildman–Crippen LogP) is 3.37. The zero-order valence-corrected chi connectivity index (χ0v) is 10.2. The summed E-state index contributed by atoms with van der Waals surface area (Å²) < 4.78 is 18.8. The van der Waals surface area contributed by atoms with E-state index in [1.807, 2.05) is 0 Å².